The predicted octanol–water partition coefficient (Wildman–Crippen LogP) is 8.08. The molecule has 1 rings (SSSR count). The molecule has 0 bridgehead atoms. The van der Waals surface area contributed by atoms with Crippen molar-refractivity contribution in [2.24, 2.45) is 0 Å². The molecule has 1 aromatic rings. The highest BCUT2D eigenvalue weighted by molar-refractivity contribution is 5.48. The smallest absolute Gasteiger partial charge is 0.119 e. The second-order valence-corrected chi connectivity index (χ2v) is 8.76. The predicted molar refractivity (Wildman–Crippen MR) is 132 cm³/mol. The minimum atomic E-state index is 0.619. The molecule has 0 saturated heterocycles. The fourth-order valence-corrected chi connectivity index (χ4v) is 3.85. The number of ether oxygens (including phenoxy) is 2. The van der Waals surface area contributed by atoms with E-state index in [2.05, 4.69) is 31.2 Å². The van der Waals surface area contributed by atoms with E-state index in [-0.39, 0.29) is 0 Å². The van der Waals surface area contributed by atoms with Gasteiger partial charge in [-0.15, -0.1) is 0 Å². The van der Waals surface area contributed by atoms with E-state index in [0.717, 1.165) is 37.9 Å². The van der Waals surface area contributed by atoms with Gasteiger partial charge in [-0.3, -0.25) is 0 Å². The first-order valence-corrected chi connectivity index (χ1v) is 13.1. The van der Waals surface area contributed by atoms with Gasteiger partial charge in [-0.1, -0.05) is 96.1 Å². The molecule has 0 aliphatic heterocycles. The van der Waals surface area contributed by atoms with Crippen LogP contribution in [0.4, 0.5) is 0 Å². The van der Waals surface area contributed by atoms with Gasteiger partial charge < -0.3 is 14.3 Å². The van der Waals surface area contributed by atoms with Gasteiger partial charge in [0.15, 0.2) is 0 Å². The number of aldehydes is 1. The Hall–Kier alpha value is -1.35. The maximum absolute atomic E-state index is 10.2. The summed E-state index contributed by atoms with van der Waals surface area (Å²) in [4.78, 5) is 10.2. The van der Waals surface area contributed by atoms with Crippen molar-refractivity contribution in [3.63, 3.8) is 0 Å². The molecule has 0 unspecified atom stereocenters. The third-order valence-corrected chi connectivity index (χ3v) is 5.85. The summed E-state index contributed by atoms with van der Waals surface area (Å²) in [7, 11) is 0. The van der Waals surface area contributed by atoms with E-state index in [4.69, 9.17) is 9.47 Å². The Bertz CT molecular complexity index is 497. The molecular formula is C28H48O3. The van der Waals surface area contributed by atoms with Crippen LogP contribution in [0.2, 0.25) is 0 Å². The normalized spacial score (nSPS) is 11.0. The lowest BCUT2D eigenvalue weighted by atomic mass is 10.0. The van der Waals surface area contributed by atoms with Crippen LogP contribution >= 0.6 is 0 Å². The Morgan fingerprint density at radius 2 is 1.23 bits per heavy atom. The Balaban J connectivity index is 1.89. The molecular weight excluding hydrogens is 384 g/mol. The molecule has 3 heteroatoms. The summed E-state index contributed by atoms with van der Waals surface area (Å²) in [6.07, 6.45) is 22.3. The largest absolute Gasteiger partial charge is 0.491 e. The summed E-state index contributed by atoms with van der Waals surface area (Å²) in [5, 5.41) is 0. The summed E-state index contributed by atoms with van der Waals surface area (Å²) in [5.41, 5.74) is 1.42. The van der Waals surface area contributed by atoms with Crippen LogP contribution in [-0.2, 0) is 16.0 Å². The molecule has 0 atom stereocenters. The zero-order valence-corrected chi connectivity index (χ0v) is 20.3. The summed E-state index contributed by atoms with van der Waals surface area (Å²) in [5.74, 6) is 0.942. The topological polar surface area (TPSA) is 35.5 Å². The first-order chi connectivity index (χ1) is 15.4. The van der Waals surface area contributed by atoms with Gasteiger partial charge in [0.1, 0.15) is 18.6 Å². The SMILES string of the molecule is CCCCCCCCCCc1ccc(OCCOCCCCCCCCCC=O)cc1. The zero-order chi connectivity index (χ0) is 22.2. The minimum absolute atomic E-state index is 0.619. The number of carbonyl (C=O) groups is 1. The third-order valence-electron chi connectivity index (χ3n) is 5.85. The lowest BCUT2D eigenvalue weighted by molar-refractivity contribution is -0.107. The standard InChI is InChI=1S/C28H48O3/c1-2-3-4-5-6-9-12-15-18-27-19-21-28(22-20-27)31-26-25-30-24-17-14-11-8-7-10-13-16-23-29/h19-23H,2-18,24-26H2,1H3. The molecule has 0 aliphatic rings. The van der Waals surface area contributed by atoms with Gasteiger partial charge in [-0.2, -0.15) is 0 Å². The second kappa shape index (κ2) is 21.9. The molecule has 0 aliphatic carbocycles. The highest BCUT2D eigenvalue weighted by Crippen LogP contribution is 2.15. The Morgan fingerprint density at radius 3 is 1.87 bits per heavy atom. The van der Waals surface area contributed by atoms with E-state index >= 15 is 0 Å². The van der Waals surface area contributed by atoms with E-state index in [0.29, 0.717) is 13.2 Å². The van der Waals surface area contributed by atoms with Crippen molar-refractivity contribution in [2.75, 3.05) is 19.8 Å². The number of benzene rings is 1. The van der Waals surface area contributed by atoms with E-state index in [9.17, 15) is 4.79 Å². The van der Waals surface area contributed by atoms with Gasteiger partial charge >= 0.3 is 0 Å². The van der Waals surface area contributed by atoms with E-state index in [1.165, 1.54) is 95.5 Å². The molecule has 1 aromatic carbocycles. The lowest BCUT2D eigenvalue weighted by Gasteiger charge is -2.08. The molecule has 0 spiro atoms. The van der Waals surface area contributed by atoms with E-state index < -0.39 is 0 Å². The average Bonchev–Trinajstić information content (AvgIpc) is 2.79. The number of hydrogen-bond acceptors (Lipinski definition) is 3. The molecule has 0 N–H and O–H groups in total. The third kappa shape index (κ3) is 18.0. The van der Waals surface area contributed by atoms with Crippen LogP contribution < -0.4 is 4.74 Å². The fourth-order valence-electron chi connectivity index (χ4n) is 3.85. The first-order valence-electron chi connectivity index (χ1n) is 13.1. The molecule has 3 nitrogen and oxygen atoms in total. The molecule has 0 amide bonds. The molecule has 178 valence electrons. The van der Waals surface area contributed by atoms with Crippen molar-refractivity contribution >= 4 is 6.29 Å². The Morgan fingerprint density at radius 1 is 0.645 bits per heavy atom. The van der Waals surface area contributed by atoms with Crippen LogP contribution in [-0.4, -0.2) is 26.1 Å². The summed E-state index contributed by atoms with van der Waals surface area (Å²) in [6, 6.07) is 8.59. The highest BCUT2D eigenvalue weighted by Gasteiger charge is 1.98. The quantitative estimate of drug-likeness (QED) is 0.129. The maximum Gasteiger partial charge on any atom is 0.119 e. The Kier molecular flexibility index (Phi) is 19.5. The van der Waals surface area contributed by atoms with E-state index in [1.54, 1.807) is 0 Å². The van der Waals surface area contributed by atoms with Gasteiger partial charge in [-0.25, -0.2) is 0 Å². The summed E-state index contributed by atoms with van der Waals surface area (Å²) in [6.45, 7) is 4.38. The highest BCUT2D eigenvalue weighted by atomic mass is 16.5. The number of unbranched alkanes of at least 4 members (excludes halogenated alkanes) is 14. The van der Waals surface area contributed by atoms with E-state index in [1.807, 2.05) is 0 Å². The van der Waals surface area contributed by atoms with Gasteiger partial charge in [-0.05, 0) is 43.4 Å². The monoisotopic (exact) mass is 432 g/mol. The van der Waals surface area contributed by atoms with Crippen molar-refractivity contribution in [2.45, 2.75) is 116 Å². The van der Waals surface area contributed by atoms with Gasteiger partial charge in [0.05, 0.1) is 6.61 Å². The second-order valence-electron chi connectivity index (χ2n) is 8.76. The van der Waals surface area contributed by atoms with Crippen LogP contribution in [0.1, 0.15) is 115 Å². The zero-order valence-electron chi connectivity index (χ0n) is 20.3. The van der Waals surface area contributed by atoms with Crippen molar-refractivity contribution in [3.8, 4) is 5.75 Å². The molecule has 31 heavy (non-hydrogen) atoms. The lowest BCUT2D eigenvalue weighted by Crippen LogP contribution is -2.07. The number of carbonyl (C=O) groups excluding carboxylic acids is 1. The van der Waals surface area contributed by atoms with Crippen LogP contribution in [0.3, 0.4) is 0 Å². The van der Waals surface area contributed by atoms with Gasteiger partial charge in [0.25, 0.3) is 0 Å². The van der Waals surface area contributed by atoms with Gasteiger partial charge in [0, 0.05) is 13.0 Å². The van der Waals surface area contributed by atoms with Gasteiger partial charge in [0.2, 0.25) is 0 Å². The van der Waals surface area contributed by atoms with Crippen molar-refractivity contribution in [1.29, 1.82) is 0 Å². The minimum Gasteiger partial charge on any atom is -0.491 e. The number of hydrogen-bond donors (Lipinski definition) is 0. The summed E-state index contributed by atoms with van der Waals surface area (Å²) >= 11 is 0. The molecule has 0 aromatic heterocycles. The average molecular weight is 433 g/mol. The maximum atomic E-state index is 10.2. The van der Waals surface area contributed by atoms with Crippen molar-refractivity contribution < 1.29 is 14.3 Å². The molecule has 0 fully saturated rings. The number of rotatable bonds is 23. The fraction of sp³-hybridized carbons (Fsp3) is 0.750. The van der Waals surface area contributed by atoms with Crippen LogP contribution in [0.25, 0.3) is 0 Å². The summed E-state index contributed by atoms with van der Waals surface area (Å²) < 4.78 is 11.5. The molecule has 0 saturated carbocycles. The van der Waals surface area contributed by atoms with Crippen LogP contribution in [0.5, 0.6) is 5.75 Å². The molecule has 0 radical (unpaired) electrons. The van der Waals surface area contributed by atoms with Crippen molar-refractivity contribution in [3.05, 3.63) is 29.8 Å². The Labute approximate surface area is 192 Å². The molecule has 0 heterocycles. The van der Waals surface area contributed by atoms with Crippen molar-refractivity contribution in [1.82, 2.24) is 0 Å². The van der Waals surface area contributed by atoms with Crippen LogP contribution in [0.15, 0.2) is 24.3 Å². The van der Waals surface area contributed by atoms with Crippen LogP contribution in [0, 0.1) is 0 Å². The first kappa shape index (κ1) is 27.7. The number of aryl methyl sites for hydroxylation is 1.